The van der Waals surface area contributed by atoms with Crippen molar-refractivity contribution in [2.45, 2.75) is 26.9 Å². The number of hydrogen-bond donors (Lipinski definition) is 2. The summed E-state index contributed by atoms with van der Waals surface area (Å²) >= 11 is 0. The van der Waals surface area contributed by atoms with Crippen LogP contribution in [0.4, 0.5) is 21.9 Å². The van der Waals surface area contributed by atoms with Gasteiger partial charge in [-0.05, 0) is 24.3 Å². The number of para-hydroxylation sites is 1. The molecular weight excluding hydrogens is 482 g/mol. The molecule has 1 unspecified atom stereocenters. The third-order valence-corrected chi connectivity index (χ3v) is 6.27. The first-order valence-corrected chi connectivity index (χ1v) is 12.3. The van der Waals surface area contributed by atoms with E-state index in [-0.39, 0.29) is 12.3 Å². The van der Waals surface area contributed by atoms with Crippen LogP contribution < -0.4 is 20.4 Å². The van der Waals surface area contributed by atoms with Crippen LogP contribution in [-0.4, -0.2) is 59.8 Å². The smallest absolute Gasteiger partial charge is 0.321 e. The van der Waals surface area contributed by atoms with E-state index >= 15 is 0 Å². The number of rotatable bonds is 6. The van der Waals surface area contributed by atoms with Gasteiger partial charge in [-0.15, -0.1) is 0 Å². The lowest BCUT2D eigenvalue weighted by atomic mass is 9.90. The highest BCUT2D eigenvalue weighted by molar-refractivity contribution is 6.20. The molecule has 0 bridgehead atoms. The summed E-state index contributed by atoms with van der Waals surface area (Å²) < 4.78 is 1.79. The van der Waals surface area contributed by atoms with Crippen LogP contribution >= 0.6 is 0 Å². The number of aromatic nitrogens is 2. The zero-order valence-corrected chi connectivity index (χ0v) is 22.5. The summed E-state index contributed by atoms with van der Waals surface area (Å²) in [5.41, 5.74) is 2.41. The zero-order valence-electron chi connectivity index (χ0n) is 22.5. The van der Waals surface area contributed by atoms with Gasteiger partial charge in [0.05, 0.1) is 12.2 Å². The zero-order chi connectivity index (χ0) is 27.6. The molecule has 4 rings (SSSR count). The molecule has 0 radical (unpaired) electrons. The average molecular weight is 516 g/mol. The second-order valence-electron chi connectivity index (χ2n) is 10.4. The SMILES string of the molecule is CN(C)c1cccc(NC(=O)NC2N=C(c3nccn3C)c3ccccc3N(CC(=O)C(C)(C)C)C2=O)c1. The Morgan fingerprint density at radius 2 is 1.82 bits per heavy atom. The molecule has 0 spiro atoms. The number of urea groups is 1. The number of carbonyl (C=O) groups excluding carboxylic acids is 3. The van der Waals surface area contributed by atoms with E-state index in [1.807, 2.05) is 77.1 Å². The van der Waals surface area contributed by atoms with Gasteiger partial charge in [-0.3, -0.25) is 9.59 Å². The quantitative estimate of drug-likeness (QED) is 0.522. The Hall–Kier alpha value is -4.47. The molecule has 10 heteroatoms. The van der Waals surface area contributed by atoms with Crippen molar-refractivity contribution in [3.63, 3.8) is 0 Å². The van der Waals surface area contributed by atoms with Crippen molar-refractivity contribution in [2.75, 3.05) is 35.8 Å². The number of benzene rings is 2. The normalized spacial score (nSPS) is 15.3. The highest BCUT2D eigenvalue weighted by atomic mass is 16.2. The Morgan fingerprint density at radius 1 is 1.08 bits per heavy atom. The highest BCUT2D eigenvalue weighted by Gasteiger charge is 2.36. The molecule has 2 aromatic carbocycles. The maximum absolute atomic E-state index is 13.9. The van der Waals surface area contributed by atoms with E-state index in [0.717, 1.165) is 5.69 Å². The van der Waals surface area contributed by atoms with Crippen LogP contribution in [0.25, 0.3) is 0 Å². The lowest BCUT2D eigenvalue weighted by Crippen LogP contribution is -2.50. The number of carbonyl (C=O) groups is 3. The highest BCUT2D eigenvalue weighted by Crippen LogP contribution is 2.29. The van der Waals surface area contributed by atoms with Gasteiger partial charge in [0.15, 0.2) is 11.6 Å². The fourth-order valence-electron chi connectivity index (χ4n) is 3.99. The molecular formula is C28H33N7O3. The van der Waals surface area contributed by atoms with Gasteiger partial charge < -0.3 is 25.0 Å². The molecule has 1 aliphatic heterocycles. The molecule has 198 valence electrons. The predicted molar refractivity (Wildman–Crippen MR) is 149 cm³/mol. The van der Waals surface area contributed by atoms with Crippen LogP contribution in [0, 0.1) is 5.41 Å². The van der Waals surface area contributed by atoms with Crippen molar-refractivity contribution in [1.82, 2.24) is 14.9 Å². The number of ketones is 1. The number of imidazole rings is 1. The molecule has 0 aliphatic carbocycles. The number of amides is 3. The fraction of sp³-hybridized carbons (Fsp3) is 0.321. The van der Waals surface area contributed by atoms with Gasteiger partial charge in [-0.2, -0.15) is 0 Å². The second kappa shape index (κ2) is 10.5. The fourth-order valence-corrected chi connectivity index (χ4v) is 3.99. The molecule has 1 aliphatic rings. The lowest BCUT2D eigenvalue weighted by Gasteiger charge is -2.28. The van der Waals surface area contributed by atoms with Crippen LogP contribution in [0.5, 0.6) is 0 Å². The number of aliphatic imine (C=N–C) groups is 1. The van der Waals surface area contributed by atoms with Gasteiger partial charge in [-0.25, -0.2) is 14.8 Å². The summed E-state index contributed by atoms with van der Waals surface area (Å²) in [6, 6.07) is 14.0. The van der Waals surface area contributed by atoms with E-state index in [0.29, 0.717) is 28.5 Å². The molecule has 38 heavy (non-hydrogen) atoms. The molecule has 2 heterocycles. The van der Waals surface area contributed by atoms with Crippen molar-refractivity contribution in [2.24, 2.45) is 17.5 Å². The van der Waals surface area contributed by atoms with Crippen molar-refractivity contribution in [3.05, 3.63) is 72.3 Å². The topological polar surface area (TPSA) is 112 Å². The summed E-state index contributed by atoms with van der Waals surface area (Å²) in [5, 5.41) is 5.49. The van der Waals surface area contributed by atoms with Gasteiger partial charge in [0.1, 0.15) is 5.71 Å². The Kier molecular flexibility index (Phi) is 7.34. The summed E-state index contributed by atoms with van der Waals surface area (Å²) in [7, 11) is 5.64. The van der Waals surface area contributed by atoms with E-state index in [1.165, 1.54) is 4.90 Å². The molecule has 0 fully saturated rings. The number of nitrogens with zero attached hydrogens (tertiary/aromatic N) is 5. The van der Waals surface area contributed by atoms with Crippen molar-refractivity contribution in [3.8, 4) is 0 Å². The van der Waals surface area contributed by atoms with Crippen LogP contribution in [0.15, 0.2) is 65.9 Å². The van der Waals surface area contributed by atoms with Gasteiger partial charge in [-0.1, -0.05) is 45.0 Å². The summed E-state index contributed by atoms with van der Waals surface area (Å²) in [6.45, 7) is 5.27. The number of anilines is 3. The summed E-state index contributed by atoms with van der Waals surface area (Å²) in [4.78, 5) is 52.5. The minimum absolute atomic E-state index is 0.121. The number of benzodiazepines with no additional fused rings is 1. The van der Waals surface area contributed by atoms with Crippen LogP contribution in [0.1, 0.15) is 32.2 Å². The van der Waals surface area contributed by atoms with E-state index < -0.39 is 23.5 Å². The maximum Gasteiger partial charge on any atom is 0.321 e. The van der Waals surface area contributed by atoms with E-state index in [1.54, 1.807) is 35.2 Å². The summed E-state index contributed by atoms with van der Waals surface area (Å²) in [5.74, 6) is -0.110. The first-order chi connectivity index (χ1) is 18.0. The van der Waals surface area contributed by atoms with Gasteiger partial charge in [0.2, 0.25) is 6.17 Å². The van der Waals surface area contributed by atoms with E-state index in [9.17, 15) is 14.4 Å². The van der Waals surface area contributed by atoms with Gasteiger partial charge in [0, 0.05) is 55.9 Å². The van der Waals surface area contributed by atoms with Crippen molar-refractivity contribution >= 4 is 40.5 Å². The van der Waals surface area contributed by atoms with Crippen molar-refractivity contribution < 1.29 is 14.4 Å². The van der Waals surface area contributed by atoms with Gasteiger partial charge >= 0.3 is 6.03 Å². The third kappa shape index (κ3) is 5.59. The van der Waals surface area contributed by atoms with E-state index in [2.05, 4.69) is 15.6 Å². The minimum Gasteiger partial charge on any atom is -0.378 e. The Labute approximate surface area is 222 Å². The molecule has 3 amide bonds. The third-order valence-electron chi connectivity index (χ3n) is 6.27. The first-order valence-electron chi connectivity index (χ1n) is 12.3. The lowest BCUT2D eigenvalue weighted by molar-refractivity contribution is -0.127. The van der Waals surface area contributed by atoms with E-state index in [4.69, 9.17) is 4.99 Å². The number of aryl methyl sites for hydroxylation is 1. The average Bonchev–Trinajstić information content (AvgIpc) is 3.25. The Morgan fingerprint density at radius 3 is 2.47 bits per heavy atom. The Balaban J connectivity index is 1.74. The summed E-state index contributed by atoms with van der Waals surface area (Å²) in [6.07, 6.45) is 2.13. The molecule has 2 N–H and O–H groups in total. The largest absolute Gasteiger partial charge is 0.378 e. The number of hydrogen-bond acceptors (Lipinski definition) is 6. The van der Waals surface area contributed by atoms with Crippen LogP contribution in [0.2, 0.25) is 0 Å². The molecule has 1 aromatic heterocycles. The van der Waals surface area contributed by atoms with Crippen LogP contribution in [0.3, 0.4) is 0 Å². The number of Topliss-reactive ketones (excluding diaryl/α,β-unsaturated/α-hetero) is 1. The molecule has 3 aromatic rings. The molecule has 0 saturated heterocycles. The van der Waals surface area contributed by atoms with Gasteiger partial charge in [0.25, 0.3) is 5.91 Å². The Bertz CT molecular complexity index is 1400. The van der Waals surface area contributed by atoms with Crippen LogP contribution in [-0.2, 0) is 16.6 Å². The number of nitrogens with one attached hydrogen (secondary N) is 2. The standard InChI is InChI=1S/C28H33N7O3/c1-28(2,3)22(36)17-35-21-13-8-7-12-20(21)23(25-29-14-15-34(25)6)31-24(26(35)37)32-27(38)30-18-10-9-11-19(16-18)33(4)5/h7-16,24H,17H2,1-6H3,(H2,30,32,38). The first kappa shape index (κ1) is 26.6. The molecule has 0 saturated carbocycles. The molecule has 1 atom stereocenters. The van der Waals surface area contributed by atoms with Crippen molar-refractivity contribution in [1.29, 1.82) is 0 Å². The second-order valence-corrected chi connectivity index (χ2v) is 10.4. The predicted octanol–water partition coefficient (Wildman–Crippen LogP) is 3.43. The molecule has 10 nitrogen and oxygen atoms in total. The monoisotopic (exact) mass is 515 g/mol. The maximum atomic E-state index is 13.9. The number of fused-ring (bicyclic) bond motifs is 1. The minimum atomic E-state index is -1.29.